The van der Waals surface area contributed by atoms with Crippen LogP contribution in [0, 0.1) is 6.92 Å². The van der Waals surface area contributed by atoms with Crippen molar-refractivity contribution in [2.24, 2.45) is 0 Å². The number of hydrogen-bond donors (Lipinski definition) is 1. The van der Waals surface area contributed by atoms with Crippen LogP contribution in [0.5, 0.6) is 0 Å². The van der Waals surface area contributed by atoms with Crippen molar-refractivity contribution in [3.63, 3.8) is 0 Å². The van der Waals surface area contributed by atoms with Gasteiger partial charge in [-0.2, -0.15) is 13.2 Å². The summed E-state index contributed by atoms with van der Waals surface area (Å²) < 4.78 is 76.2. The van der Waals surface area contributed by atoms with Crippen molar-refractivity contribution in [3.8, 4) is 0 Å². The fraction of sp³-hybridized carbons (Fsp3) is 0.455. The molecule has 0 bridgehead atoms. The first kappa shape index (κ1) is 15.6. The van der Waals surface area contributed by atoms with Crippen molar-refractivity contribution in [2.45, 2.75) is 19.5 Å². The highest BCUT2D eigenvalue weighted by molar-refractivity contribution is 5.49. The quantitative estimate of drug-likeness (QED) is 0.668. The van der Waals surface area contributed by atoms with E-state index in [1.807, 2.05) is 0 Å². The van der Waals surface area contributed by atoms with Crippen LogP contribution in [0.3, 0.4) is 0 Å². The molecule has 0 aliphatic carbocycles. The molecule has 19 heavy (non-hydrogen) atoms. The van der Waals surface area contributed by atoms with Gasteiger partial charge in [-0.3, -0.25) is 4.74 Å². The largest absolute Gasteiger partial charge is 0.522 e. The summed E-state index contributed by atoms with van der Waals surface area (Å²) in [5.74, 6) is 0. The second kappa shape index (κ2) is 5.68. The second-order valence-corrected chi connectivity index (χ2v) is 3.75. The Labute approximate surface area is 105 Å². The van der Waals surface area contributed by atoms with Crippen molar-refractivity contribution in [2.75, 3.05) is 18.5 Å². The topological polar surface area (TPSA) is 21.3 Å². The number of hydrogen-bond acceptors (Lipinski definition) is 2. The van der Waals surface area contributed by atoms with Gasteiger partial charge in [-0.1, -0.05) is 6.07 Å². The molecule has 0 saturated heterocycles. The lowest BCUT2D eigenvalue weighted by atomic mass is 10.1. The van der Waals surface area contributed by atoms with Gasteiger partial charge in [-0.05, 0) is 24.6 Å². The minimum Gasteiger partial charge on any atom is -0.383 e. The highest BCUT2D eigenvalue weighted by atomic mass is 19.4. The summed E-state index contributed by atoms with van der Waals surface area (Å²) in [6.45, 7) is 0.373. The van der Waals surface area contributed by atoms with E-state index < -0.39 is 24.7 Å². The van der Waals surface area contributed by atoms with Gasteiger partial charge in [-0.25, -0.2) is 0 Å². The zero-order chi connectivity index (χ0) is 14.7. The lowest BCUT2D eigenvalue weighted by molar-refractivity contribution is -0.322. The Hall–Kier alpha value is -1.44. The third kappa shape index (κ3) is 5.37. The van der Waals surface area contributed by atoms with Crippen molar-refractivity contribution in [1.82, 2.24) is 0 Å². The molecule has 0 aromatic heterocycles. The van der Waals surface area contributed by atoms with Crippen LogP contribution in [0.2, 0.25) is 0 Å². The zero-order valence-corrected chi connectivity index (χ0v) is 9.82. The molecule has 0 aliphatic rings. The molecule has 1 N–H and O–H groups in total. The van der Waals surface area contributed by atoms with Crippen LogP contribution < -0.4 is 5.32 Å². The molecule has 8 heteroatoms. The zero-order valence-electron chi connectivity index (χ0n) is 9.82. The van der Waals surface area contributed by atoms with E-state index in [1.165, 1.54) is 19.1 Å². The first-order valence-corrected chi connectivity index (χ1v) is 5.22. The molecular formula is C11H11F6NO. The van der Waals surface area contributed by atoms with E-state index >= 15 is 0 Å². The minimum absolute atomic E-state index is 0.0459. The molecule has 0 aliphatic heterocycles. The van der Waals surface area contributed by atoms with Gasteiger partial charge in [0.25, 0.3) is 0 Å². The van der Waals surface area contributed by atoms with Gasteiger partial charge in [0.2, 0.25) is 0 Å². The summed E-state index contributed by atoms with van der Waals surface area (Å²) in [6.07, 6.45) is -9.24. The van der Waals surface area contributed by atoms with Crippen molar-refractivity contribution < 1.29 is 31.1 Å². The Balaban J connectivity index is 2.61. The summed E-state index contributed by atoms with van der Waals surface area (Å²) in [4.78, 5) is 0. The molecule has 0 atom stereocenters. The Morgan fingerprint density at radius 3 is 2.26 bits per heavy atom. The summed E-state index contributed by atoms with van der Waals surface area (Å²) in [5, 5.41) is 2.43. The lowest BCUT2D eigenvalue weighted by Gasteiger charge is -2.13. The van der Waals surface area contributed by atoms with E-state index in [-0.39, 0.29) is 17.8 Å². The molecule has 108 valence electrons. The van der Waals surface area contributed by atoms with Crippen molar-refractivity contribution in [3.05, 3.63) is 29.3 Å². The van der Waals surface area contributed by atoms with Gasteiger partial charge < -0.3 is 5.32 Å². The maximum Gasteiger partial charge on any atom is 0.522 e. The highest BCUT2D eigenvalue weighted by Crippen LogP contribution is 2.33. The number of rotatable bonds is 4. The van der Waals surface area contributed by atoms with Crippen LogP contribution >= 0.6 is 0 Å². The fourth-order valence-electron chi connectivity index (χ4n) is 1.40. The Morgan fingerprint density at radius 2 is 1.74 bits per heavy atom. The molecule has 0 fully saturated rings. The maximum atomic E-state index is 12.6. The van der Waals surface area contributed by atoms with Crippen LogP contribution in [0.15, 0.2) is 18.2 Å². The molecule has 0 unspecified atom stereocenters. The molecule has 2 nitrogen and oxygen atoms in total. The number of aryl methyl sites for hydroxylation is 1. The first-order chi connectivity index (χ1) is 8.59. The number of nitrogens with one attached hydrogen (secondary N) is 1. The predicted molar refractivity (Wildman–Crippen MR) is 56.7 cm³/mol. The molecule has 0 heterocycles. The number of anilines is 1. The van der Waals surface area contributed by atoms with Gasteiger partial charge in [0.1, 0.15) is 0 Å². The third-order valence-electron chi connectivity index (χ3n) is 2.24. The number of halogens is 6. The summed E-state index contributed by atoms with van der Waals surface area (Å²) >= 11 is 0. The monoisotopic (exact) mass is 287 g/mol. The average Bonchev–Trinajstić information content (AvgIpc) is 2.23. The van der Waals surface area contributed by atoms with Gasteiger partial charge >= 0.3 is 12.5 Å². The van der Waals surface area contributed by atoms with Crippen LogP contribution in [0.25, 0.3) is 0 Å². The maximum absolute atomic E-state index is 12.6. The molecule has 1 rings (SSSR count). The second-order valence-electron chi connectivity index (χ2n) is 3.75. The van der Waals surface area contributed by atoms with Gasteiger partial charge in [0.15, 0.2) is 0 Å². The Bertz CT molecular complexity index is 426. The molecule has 0 spiro atoms. The SMILES string of the molecule is Cc1ccc(NCCOC(F)(F)F)cc1C(F)(F)F. The smallest absolute Gasteiger partial charge is 0.383 e. The van der Waals surface area contributed by atoms with E-state index in [9.17, 15) is 26.3 Å². The van der Waals surface area contributed by atoms with Gasteiger partial charge in [-0.15, -0.1) is 13.2 Å². The van der Waals surface area contributed by atoms with Gasteiger partial charge in [0.05, 0.1) is 12.2 Å². The fourth-order valence-corrected chi connectivity index (χ4v) is 1.40. The molecule has 0 amide bonds. The molecule has 1 aromatic carbocycles. The summed E-state index contributed by atoms with van der Waals surface area (Å²) in [5.41, 5.74) is -0.692. The standard InChI is InChI=1S/C11H11F6NO/c1-7-2-3-8(6-9(7)10(12,13)14)18-4-5-19-11(15,16)17/h2-3,6,18H,4-5H2,1H3. The van der Waals surface area contributed by atoms with Gasteiger partial charge in [0, 0.05) is 12.2 Å². The van der Waals surface area contributed by atoms with E-state index in [0.29, 0.717) is 0 Å². The Morgan fingerprint density at radius 1 is 1.11 bits per heavy atom. The Kier molecular flexibility index (Phi) is 4.67. The molecule has 0 saturated carbocycles. The van der Waals surface area contributed by atoms with E-state index in [2.05, 4.69) is 10.1 Å². The van der Waals surface area contributed by atoms with Crippen LogP contribution in [0.1, 0.15) is 11.1 Å². The highest BCUT2D eigenvalue weighted by Gasteiger charge is 2.32. The van der Waals surface area contributed by atoms with Crippen LogP contribution in [-0.4, -0.2) is 19.5 Å². The summed E-state index contributed by atoms with van der Waals surface area (Å²) in [6, 6.07) is 3.46. The number of ether oxygens (including phenoxy) is 1. The average molecular weight is 287 g/mol. The van der Waals surface area contributed by atoms with Crippen molar-refractivity contribution >= 4 is 5.69 Å². The first-order valence-electron chi connectivity index (χ1n) is 5.22. The van der Waals surface area contributed by atoms with E-state index in [4.69, 9.17) is 0 Å². The van der Waals surface area contributed by atoms with Crippen molar-refractivity contribution in [1.29, 1.82) is 0 Å². The number of benzene rings is 1. The van der Waals surface area contributed by atoms with Crippen LogP contribution in [0.4, 0.5) is 32.0 Å². The van der Waals surface area contributed by atoms with E-state index in [1.54, 1.807) is 0 Å². The normalized spacial score (nSPS) is 12.6. The predicted octanol–water partition coefficient (Wildman–Crippen LogP) is 3.96. The third-order valence-corrected chi connectivity index (χ3v) is 2.24. The molecular weight excluding hydrogens is 276 g/mol. The molecule has 1 aromatic rings. The minimum atomic E-state index is -4.74. The number of alkyl halides is 6. The lowest BCUT2D eigenvalue weighted by Crippen LogP contribution is -2.19. The summed E-state index contributed by atoms with van der Waals surface area (Å²) in [7, 11) is 0. The van der Waals surface area contributed by atoms with Crippen LogP contribution in [-0.2, 0) is 10.9 Å². The van der Waals surface area contributed by atoms with E-state index in [0.717, 1.165) is 6.07 Å². The molecule has 0 radical (unpaired) electrons.